The minimum atomic E-state index is -2.84. The van der Waals surface area contributed by atoms with Gasteiger partial charge in [0.2, 0.25) is 0 Å². The normalized spacial score (nSPS) is 11.2. The van der Waals surface area contributed by atoms with E-state index in [-0.39, 0.29) is 17.6 Å². The van der Waals surface area contributed by atoms with Crippen LogP contribution in [-0.2, 0) is 11.3 Å². The summed E-state index contributed by atoms with van der Waals surface area (Å²) in [4.78, 5) is 30.1. The first-order valence-electron chi connectivity index (χ1n) is 11.5. The van der Waals surface area contributed by atoms with Gasteiger partial charge in [-0.05, 0) is 44.8 Å². The van der Waals surface area contributed by atoms with E-state index in [1.807, 2.05) is 52.0 Å². The number of aromatic nitrogens is 1. The van der Waals surface area contributed by atoms with E-state index in [1.165, 1.54) is 18.6 Å². The van der Waals surface area contributed by atoms with E-state index in [0.29, 0.717) is 23.5 Å². The van der Waals surface area contributed by atoms with Crippen molar-refractivity contribution >= 4 is 36.2 Å². The number of allylic oxidation sites excluding steroid dienone is 1. The summed E-state index contributed by atoms with van der Waals surface area (Å²) in [6, 6.07) is 9.19. The first-order valence-corrected chi connectivity index (χ1v) is 12.2. The van der Waals surface area contributed by atoms with Crippen LogP contribution in [0.5, 0.6) is 0 Å². The van der Waals surface area contributed by atoms with Gasteiger partial charge in [-0.3, -0.25) is 14.8 Å². The molecule has 7 nitrogen and oxygen atoms in total. The standard InChI is InChI=1S/C21H25F2N5O.C5H10O.CH3Cl/c1-13-5-7-16(8-6-13)18(14(2)25-4)27-12-28-21(29)17-9-15(10-24-3)11-26-19(17)20(22)23;1-5(2,3)4-6;1-2/h5-9,11,20,24,27H,4,10,12H2,1-3H3,(H,28,29);4H,1-3H3;1H3/b18-14-;;. The van der Waals surface area contributed by atoms with Crippen molar-refractivity contribution in [3.05, 3.63) is 70.2 Å². The number of aliphatic imine (C=N–C) groups is 1. The number of benzene rings is 1. The van der Waals surface area contributed by atoms with Gasteiger partial charge in [0.15, 0.2) is 0 Å². The van der Waals surface area contributed by atoms with Crippen LogP contribution >= 0.6 is 11.6 Å². The Kier molecular flexibility index (Phi) is 15.8. The van der Waals surface area contributed by atoms with Gasteiger partial charge in [-0.2, -0.15) is 0 Å². The zero-order valence-electron chi connectivity index (χ0n) is 22.6. The maximum atomic E-state index is 13.3. The molecule has 0 radical (unpaired) electrons. The van der Waals surface area contributed by atoms with Gasteiger partial charge in [-0.25, -0.2) is 8.78 Å². The molecule has 1 aromatic carbocycles. The van der Waals surface area contributed by atoms with Gasteiger partial charge in [0.25, 0.3) is 12.3 Å². The molecule has 0 bridgehead atoms. The van der Waals surface area contributed by atoms with E-state index in [4.69, 9.17) is 0 Å². The number of pyridine rings is 1. The van der Waals surface area contributed by atoms with E-state index >= 15 is 0 Å². The number of hydrogen-bond donors (Lipinski definition) is 3. The summed E-state index contributed by atoms with van der Waals surface area (Å²) in [7, 11) is 1.72. The monoisotopic (exact) mass is 537 g/mol. The molecule has 0 spiro atoms. The number of halogens is 3. The summed E-state index contributed by atoms with van der Waals surface area (Å²) >= 11 is 4.64. The Labute approximate surface area is 223 Å². The van der Waals surface area contributed by atoms with Crippen LogP contribution in [0, 0.1) is 12.3 Å². The second-order valence-electron chi connectivity index (χ2n) is 8.94. The molecule has 0 saturated carbocycles. The highest BCUT2D eigenvalue weighted by atomic mass is 35.5. The van der Waals surface area contributed by atoms with Crippen LogP contribution in [0.2, 0.25) is 0 Å². The Morgan fingerprint density at radius 2 is 1.76 bits per heavy atom. The topological polar surface area (TPSA) is 95.5 Å². The summed E-state index contributed by atoms with van der Waals surface area (Å²) < 4.78 is 26.5. The molecule has 204 valence electrons. The van der Waals surface area contributed by atoms with Gasteiger partial charge < -0.3 is 20.7 Å². The van der Waals surface area contributed by atoms with Crippen LogP contribution < -0.4 is 16.0 Å². The molecule has 0 saturated heterocycles. The Bertz CT molecular complexity index is 1040. The number of nitrogens with zero attached hydrogens (tertiary/aromatic N) is 2. The van der Waals surface area contributed by atoms with E-state index < -0.39 is 18.0 Å². The number of hydrogen-bond acceptors (Lipinski definition) is 6. The lowest BCUT2D eigenvalue weighted by Crippen LogP contribution is -2.34. The number of aryl methyl sites for hydroxylation is 1. The second-order valence-corrected chi connectivity index (χ2v) is 8.94. The lowest BCUT2D eigenvalue weighted by molar-refractivity contribution is -0.113. The minimum Gasteiger partial charge on any atom is -0.366 e. The predicted molar refractivity (Wildman–Crippen MR) is 148 cm³/mol. The average molecular weight is 538 g/mol. The molecule has 0 aliphatic rings. The summed E-state index contributed by atoms with van der Waals surface area (Å²) in [6.45, 7) is 13.4. The van der Waals surface area contributed by atoms with Crippen molar-refractivity contribution < 1.29 is 18.4 Å². The number of alkyl halides is 3. The fraction of sp³-hybridized carbons (Fsp3) is 0.407. The Morgan fingerprint density at radius 3 is 2.22 bits per heavy atom. The third-order valence-corrected chi connectivity index (χ3v) is 4.61. The summed E-state index contributed by atoms with van der Waals surface area (Å²) in [6.07, 6.45) is 0.903. The van der Waals surface area contributed by atoms with E-state index in [1.54, 1.807) is 14.0 Å². The first kappa shape index (κ1) is 33.8. The highest BCUT2D eigenvalue weighted by molar-refractivity contribution is 6.15. The third kappa shape index (κ3) is 12.6. The number of aldehydes is 1. The van der Waals surface area contributed by atoms with Crippen LogP contribution in [0.3, 0.4) is 0 Å². The van der Waals surface area contributed by atoms with Crippen molar-refractivity contribution in [2.45, 2.75) is 47.6 Å². The van der Waals surface area contributed by atoms with Crippen molar-refractivity contribution in [2.75, 3.05) is 20.1 Å². The lowest BCUT2D eigenvalue weighted by Gasteiger charge is -2.15. The van der Waals surface area contributed by atoms with Crippen LogP contribution in [0.15, 0.2) is 47.2 Å². The molecule has 0 atom stereocenters. The van der Waals surface area contributed by atoms with Crippen molar-refractivity contribution in [1.82, 2.24) is 20.9 Å². The van der Waals surface area contributed by atoms with E-state index in [2.05, 4.69) is 44.2 Å². The van der Waals surface area contributed by atoms with Crippen molar-refractivity contribution in [3.63, 3.8) is 0 Å². The molecular formula is C27H38ClF2N5O2. The van der Waals surface area contributed by atoms with Crippen LogP contribution in [0.1, 0.15) is 66.9 Å². The molecule has 0 unspecified atom stereocenters. The molecule has 0 aliphatic heterocycles. The molecule has 0 aliphatic carbocycles. The van der Waals surface area contributed by atoms with Crippen LogP contribution in [-0.4, -0.2) is 44.0 Å². The average Bonchev–Trinajstić information content (AvgIpc) is 2.88. The highest BCUT2D eigenvalue weighted by Gasteiger charge is 2.20. The molecular weight excluding hydrogens is 500 g/mol. The maximum Gasteiger partial charge on any atom is 0.281 e. The van der Waals surface area contributed by atoms with Gasteiger partial charge in [0.1, 0.15) is 12.0 Å². The second kappa shape index (κ2) is 17.3. The molecule has 3 N–H and O–H groups in total. The Balaban J connectivity index is 0.00000142. The summed E-state index contributed by atoms with van der Waals surface area (Å²) in [5, 5.41) is 8.61. The molecule has 1 aromatic heterocycles. The largest absolute Gasteiger partial charge is 0.366 e. The third-order valence-electron chi connectivity index (χ3n) is 4.61. The van der Waals surface area contributed by atoms with Crippen molar-refractivity contribution in [2.24, 2.45) is 10.4 Å². The molecule has 1 heterocycles. The molecule has 1 amide bonds. The zero-order chi connectivity index (χ0) is 28.6. The quantitative estimate of drug-likeness (QED) is 0.170. The summed E-state index contributed by atoms with van der Waals surface area (Å²) in [5.41, 5.74) is 3.14. The first-order chi connectivity index (χ1) is 17.4. The number of carbonyl (C=O) groups excluding carboxylic acids is 2. The van der Waals surface area contributed by atoms with Gasteiger partial charge in [-0.15, -0.1) is 11.6 Å². The number of carbonyl (C=O) groups is 2. The summed E-state index contributed by atoms with van der Waals surface area (Å²) in [5.74, 6) is -0.634. The Morgan fingerprint density at radius 1 is 1.19 bits per heavy atom. The zero-order valence-corrected chi connectivity index (χ0v) is 23.3. The molecule has 2 rings (SSSR count). The van der Waals surface area contributed by atoms with Crippen molar-refractivity contribution in [3.8, 4) is 0 Å². The van der Waals surface area contributed by atoms with E-state index in [0.717, 1.165) is 17.4 Å². The predicted octanol–water partition coefficient (Wildman–Crippen LogP) is 5.50. The SMILES string of the molecule is C=N/C(C)=C(\NCNC(=O)c1cc(CNC)cnc1C(F)F)c1ccc(C)cc1.CC(C)(C)C=O.CCl. The van der Waals surface area contributed by atoms with Gasteiger partial charge in [0.05, 0.1) is 23.6 Å². The van der Waals surface area contributed by atoms with E-state index in [9.17, 15) is 18.4 Å². The molecule has 0 fully saturated rings. The molecule has 37 heavy (non-hydrogen) atoms. The van der Waals surface area contributed by atoms with Gasteiger partial charge in [-0.1, -0.05) is 50.6 Å². The van der Waals surface area contributed by atoms with Crippen LogP contribution in [0.4, 0.5) is 8.78 Å². The lowest BCUT2D eigenvalue weighted by atomic mass is 10.0. The maximum absolute atomic E-state index is 13.3. The number of amides is 1. The highest BCUT2D eigenvalue weighted by Crippen LogP contribution is 2.22. The number of nitrogens with one attached hydrogen (secondary N) is 3. The van der Waals surface area contributed by atoms with Crippen molar-refractivity contribution in [1.29, 1.82) is 0 Å². The van der Waals surface area contributed by atoms with Gasteiger partial charge in [0, 0.05) is 24.5 Å². The smallest absolute Gasteiger partial charge is 0.281 e. The number of rotatable bonds is 9. The fourth-order valence-corrected chi connectivity index (χ4v) is 2.72. The van der Waals surface area contributed by atoms with Crippen LogP contribution in [0.25, 0.3) is 5.70 Å². The Hall–Kier alpha value is -3.17. The molecule has 10 heteroatoms. The van der Waals surface area contributed by atoms with Gasteiger partial charge >= 0.3 is 0 Å². The minimum absolute atomic E-state index is 0.0217. The fourth-order valence-electron chi connectivity index (χ4n) is 2.72. The molecule has 2 aromatic rings.